The zero-order valence-corrected chi connectivity index (χ0v) is 14.2. The topological polar surface area (TPSA) is 72.5 Å². The second kappa shape index (κ2) is 6.75. The van der Waals surface area contributed by atoms with Crippen LogP contribution in [-0.4, -0.2) is 20.9 Å². The lowest BCUT2D eigenvalue weighted by Crippen LogP contribution is -2.33. The number of hydrogen-bond donors (Lipinski definition) is 1. The van der Waals surface area contributed by atoms with Crippen LogP contribution in [-0.2, 0) is 33.5 Å². The van der Waals surface area contributed by atoms with Gasteiger partial charge in [0.05, 0.1) is 19.0 Å². The van der Waals surface area contributed by atoms with E-state index in [0.717, 1.165) is 16.7 Å². The summed E-state index contributed by atoms with van der Waals surface area (Å²) in [5.41, 5.74) is 3.91. The fourth-order valence-corrected chi connectivity index (χ4v) is 3.87. The third-order valence-electron chi connectivity index (χ3n) is 4.00. The normalized spacial score (nSPS) is 14.0. The minimum Gasteiger partial charge on any atom is -0.376 e. The Morgan fingerprint density at radius 3 is 2.67 bits per heavy atom. The number of carbonyl (C=O) groups is 1. The lowest BCUT2D eigenvalue weighted by molar-refractivity contribution is 0.0967. The van der Waals surface area contributed by atoms with Crippen molar-refractivity contribution < 1.29 is 17.9 Å². The number of rotatable bonds is 4. The summed E-state index contributed by atoms with van der Waals surface area (Å²) in [4.78, 5) is 12.4. The van der Waals surface area contributed by atoms with Gasteiger partial charge in [-0.05, 0) is 36.1 Å². The summed E-state index contributed by atoms with van der Waals surface area (Å²) in [5, 5.41) is 0. The number of hydrogen-bond acceptors (Lipinski definition) is 4. The molecule has 0 atom stereocenters. The van der Waals surface area contributed by atoms with Crippen LogP contribution in [0.5, 0.6) is 0 Å². The molecule has 0 bridgehead atoms. The monoisotopic (exact) mass is 345 g/mol. The quantitative estimate of drug-likeness (QED) is 0.923. The van der Waals surface area contributed by atoms with E-state index in [1.165, 1.54) is 0 Å². The summed E-state index contributed by atoms with van der Waals surface area (Å²) >= 11 is 0. The van der Waals surface area contributed by atoms with E-state index in [0.29, 0.717) is 30.8 Å². The first-order valence-electron chi connectivity index (χ1n) is 7.73. The zero-order valence-electron chi connectivity index (χ0n) is 13.4. The smallest absolute Gasteiger partial charge is 0.265 e. The van der Waals surface area contributed by atoms with Crippen molar-refractivity contribution in [2.75, 3.05) is 6.61 Å². The van der Waals surface area contributed by atoms with Crippen LogP contribution in [0, 0.1) is 6.92 Å². The van der Waals surface area contributed by atoms with E-state index in [4.69, 9.17) is 4.74 Å². The first-order chi connectivity index (χ1) is 11.4. The molecule has 3 rings (SSSR count). The van der Waals surface area contributed by atoms with Gasteiger partial charge in [-0.3, -0.25) is 4.79 Å². The van der Waals surface area contributed by atoms with Crippen molar-refractivity contribution in [3.63, 3.8) is 0 Å². The molecule has 0 saturated carbocycles. The van der Waals surface area contributed by atoms with Gasteiger partial charge >= 0.3 is 0 Å². The number of aryl methyl sites for hydroxylation is 1. The number of sulfonamides is 1. The summed E-state index contributed by atoms with van der Waals surface area (Å²) in [6.07, 6.45) is 0.608. The van der Waals surface area contributed by atoms with E-state index in [1.807, 2.05) is 25.1 Å². The first-order valence-corrected chi connectivity index (χ1v) is 9.39. The van der Waals surface area contributed by atoms with Crippen LogP contribution in [0.2, 0.25) is 0 Å². The van der Waals surface area contributed by atoms with E-state index >= 15 is 0 Å². The summed E-state index contributed by atoms with van der Waals surface area (Å²) in [5.74, 6) is -0.808. The number of nitrogens with one attached hydrogen (secondary N) is 1. The third-order valence-corrected chi connectivity index (χ3v) is 5.21. The molecule has 5 nitrogen and oxygen atoms in total. The van der Waals surface area contributed by atoms with E-state index in [1.54, 1.807) is 24.3 Å². The minimum atomic E-state index is -3.75. The van der Waals surface area contributed by atoms with Gasteiger partial charge in [0.2, 0.25) is 10.0 Å². The Bertz CT molecular complexity index is 857. The maximum Gasteiger partial charge on any atom is 0.265 e. The van der Waals surface area contributed by atoms with Gasteiger partial charge in [-0.25, -0.2) is 13.1 Å². The highest BCUT2D eigenvalue weighted by atomic mass is 32.2. The lowest BCUT2D eigenvalue weighted by Gasteiger charge is -2.19. The van der Waals surface area contributed by atoms with Crippen LogP contribution in [0.4, 0.5) is 0 Å². The molecular formula is C18H19NO4S. The molecule has 1 aliphatic heterocycles. The van der Waals surface area contributed by atoms with Gasteiger partial charge in [-0.1, -0.05) is 42.0 Å². The average molecular weight is 345 g/mol. The fourth-order valence-electron chi connectivity index (χ4n) is 2.77. The summed E-state index contributed by atoms with van der Waals surface area (Å²) < 4.78 is 32.1. The SMILES string of the molecule is Cc1ccc(CS(=O)(=O)NC(=O)c2cccc3c2CCOC3)cc1. The van der Waals surface area contributed by atoms with Crippen molar-refractivity contribution in [3.8, 4) is 0 Å². The first kappa shape index (κ1) is 16.7. The maximum atomic E-state index is 12.4. The van der Waals surface area contributed by atoms with Crippen LogP contribution in [0.25, 0.3) is 0 Å². The Labute approximate surface area is 141 Å². The predicted octanol–water partition coefficient (Wildman–Crippen LogP) is 2.33. The van der Waals surface area contributed by atoms with Gasteiger partial charge in [0, 0.05) is 5.56 Å². The zero-order chi connectivity index (χ0) is 17.2. The highest BCUT2D eigenvalue weighted by Gasteiger charge is 2.22. The molecule has 2 aromatic carbocycles. The molecule has 1 aliphatic rings. The lowest BCUT2D eigenvalue weighted by atomic mass is 9.97. The molecule has 2 aromatic rings. The van der Waals surface area contributed by atoms with E-state index < -0.39 is 15.9 Å². The van der Waals surface area contributed by atoms with Crippen molar-refractivity contribution in [1.82, 2.24) is 4.72 Å². The second-order valence-corrected chi connectivity index (χ2v) is 7.64. The van der Waals surface area contributed by atoms with Crippen LogP contribution in [0.15, 0.2) is 42.5 Å². The molecule has 0 fully saturated rings. The molecular weight excluding hydrogens is 326 g/mol. The van der Waals surface area contributed by atoms with E-state index in [9.17, 15) is 13.2 Å². The minimum absolute atomic E-state index is 0.225. The fraction of sp³-hybridized carbons (Fsp3) is 0.278. The molecule has 24 heavy (non-hydrogen) atoms. The number of benzene rings is 2. The molecule has 1 N–H and O–H groups in total. The Kier molecular flexibility index (Phi) is 4.69. The Morgan fingerprint density at radius 1 is 1.17 bits per heavy atom. The standard InChI is InChI=1S/C18H19NO4S/c1-13-5-7-14(8-6-13)12-24(21,22)19-18(20)17-4-2-3-15-11-23-10-9-16(15)17/h2-8H,9-12H2,1H3,(H,19,20). The van der Waals surface area contributed by atoms with Crippen molar-refractivity contribution in [3.05, 3.63) is 70.3 Å². The summed E-state index contributed by atoms with van der Waals surface area (Å²) in [7, 11) is -3.75. The molecule has 0 unspecified atom stereocenters. The third kappa shape index (κ3) is 3.83. The molecule has 6 heteroatoms. The highest BCUT2D eigenvalue weighted by Crippen LogP contribution is 2.21. The molecule has 1 heterocycles. The molecule has 0 aromatic heterocycles. The molecule has 1 amide bonds. The highest BCUT2D eigenvalue weighted by molar-refractivity contribution is 7.89. The predicted molar refractivity (Wildman–Crippen MR) is 91.1 cm³/mol. The average Bonchev–Trinajstić information content (AvgIpc) is 2.55. The summed E-state index contributed by atoms with van der Waals surface area (Å²) in [6, 6.07) is 12.5. The Balaban J connectivity index is 1.78. The van der Waals surface area contributed by atoms with E-state index in [2.05, 4.69) is 4.72 Å². The van der Waals surface area contributed by atoms with Gasteiger partial charge in [0.15, 0.2) is 0 Å². The van der Waals surface area contributed by atoms with Crippen molar-refractivity contribution in [2.24, 2.45) is 0 Å². The molecule has 0 saturated heterocycles. The van der Waals surface area contributed by atoms with Gasteiger partial charge < -0.3 is 4.74 Å². The molecule has 126 valence electrons. The van der Waals surface area contributed by atoms with E-state index in [-0.39, 0.29) is 5.75 Å². The molecule has 0 aliphatic carbocycles. The molecule has 0 radical (unpaired) electrons. The summed E-state index contributed by atoms with van der Waals surface area (Å²) in [6.45, 7) is 2.92. The maximum absolute atomic E-state index is 12.4. The van der Waals surface area contributed by atoms with Gasteiger partial charge in [0.1, 0.15) is 0 Å². The Hall–Kier alpha value is -2.18. The van der Waals surface area contributed by atoms with Crippen LogP contribution < -0.4 is 4.72 Å². The van der Waals surface area contributed by atoms with Crippen molar-refractivity contribution in [1.29, 1.82) is 0 Å². The van der Waals surface area contributed by atoms with Crippen LogP contribution in [0.3, 0.4) is 0 Å². The van der Waals surface area contributed by atoms with Crippen molar-refractivity contribution >= 4 is 15.9 Å². The number of ether oxygens (including phenoxy) is 1. The number of amides is 1. The van der Waals surface area contributed by atoms with Crippen molar-refractivity contribution in [2.45, 2.75) is 25.7 Å². The van der Waals surface area contributed by atoms with Gasteiger partial charge in [0.25, 0.3) is 5.91 Å². The second-order valence-electron chi connectivity index (χ2n) is 5.92. The van der Waals surface area contributed by atoms with Gasteiger partial charge in [-0.15, -0.1) is 0 Å². The Morgan fingerprint density at radius 2 is 1.92 bits per heavy atom. The number of carbonyl (C=O) groups excluding carboxylic acids is 1. The molecule has 0 spiro atoms. The van der Waals surface area contributed by atoms with Crippen LogP contribution in [0.1, 0.15) is 32.6 Å². The van der Waals surface area contributed by atoms with Gasteiger partial charge in [-0.2, -0.15) is 0 Å². The largest absolute Gasteiger partial charge is 0.376 e. The number of fused-ring (bicyclic) bond motifs is 1. The van der Waals surface area contributed by atoms with Crippen LogP contribution >= 0.6 is 0 Å².